The van der Waals surface area contributed by atoms with Crippen molar-refractivity contribution in [1.82, 2.24) is 10.3 Å². The van der Waals surface area contributed by atoms with Gasteiger partial charge in [0.15, 0.2) is 0 Å². The molecular formula is C15H23N3O2. The minimum atomic E-state index is -0.0750. The van der Waals surface area contributed by atoms with Crippen LogP contribution in [0.2, 0.25) is 0 Å². The van der Waals surface area contributed by atoms with Crippen LogP contribution in [0.25, 0.3) is 0 Å². The van der Waals surface area contributed by atoms with Gasteiger partial charge in [0.1, 0.15) is 0 Å². The predicted molar refractivity (Wildman–Crippen MR) is 78.9 cm³/mol. The van der Waals surface area contributed by atoms with Gasteiger partial charge in [0.25, 0.3) is 5.91 Å². The monoisotopic (exact) mass is 277 g/mol. The Labute approximate surface area is 120 Å². The number of aromatic nitrogens is 1. The molecule has 0 bridgehead atoms. The van der Waals surface area contributed by atoms with Gasteiger partial charge in [-0.3, -0.25) is 9.78 Å². The van der Waals surface area contributed by atoms with Crippen LogP contribution in [0.3, 0.4) is 0 Å². The highest BCUT2D eigenvalue weighted by Crippen LogP contribution is 2.17. The lowest BCUT2D eigenvalue weighted by Gasteiger charge is -2.20. The van der Waals surface area contributed by atoms with E-state index in [0.717, 1.165) is 38.1 Å². The Hall–Kier alpha value is -1.62. The number of nitrogens with one attached hydrogen (secondary N) is 2. The van der Waals surface area contributed by atoms with E-state index in [4.69, 9.17) is 4.74 Å². The minimum absolute atomic E-state index is 0.0252. The molecule has 1 aliphatic rings. The summed E-state index contributed by atoms with van der Waals surface area (Å²) in [5, 5.41) is 6.26. The number of hydrogen-bond donors (Lipinski definition) is 2. The summed E-state index contributed by atoms with van der Waals surface area (Å²) in [4.78, 5) is 16.4. The third kappa shape index (κ3) is 3.70. The lowest BCUT2D eigenvalue weighted by Crippen LogP contribution is -2.41. The third-order valence-electron chi connectivity index (χ3n) is 3.51. The number of amides is 1. The molecule has 1 aromatic heterocycles. The van der Waals surface area contributed by atoms with Gasteiger partial charge in [0.2, 0.25) is 0 Å². The van der Waals surface area contributed by atoms with Crippen molar-refractivity contribution in [3.63, 3.8) is 0 Å². The molecule has 1 fully saturated rings. The Morgan fingerprint density at radius 2 is 2.45 bits per heavy atom. The molecule has 20 heavy (non-hydrogen) atoms. The molecule has 1 aliphatic heterocycles. The van der Waals surface area contributed by atoms with E-state index in [-0.39, 0.29) is 18.1 Å². The Balaban J connectivity index is 2.00. The molecule has 2 heterocycles. The molecule has 0 saturated carbocycles. The molecule has 1 amide bonds. The number of ether oxygens (including phenoxy) is 1. The normalized spacial score (nSPS) is 19.6. The van der Waals surface area contributed by atoms with Gasteiger partial charge in [0, 0.05) is 19.3 Å². The van der Waals surface area contributed by atoms with Crippen LogP contribution in [-0.4, -0.2) is 36.2 Å². The SMILES string of the molecule is CCCNc1cnccc1C(=O)NC(C)C1CCCO1. The maximum absolute atomic E-state index is 12.4. The summed E-state index contributed by atoms with van der Waals surface area (Å²) in [6.07, 6.45) is 6.56. The smallest absolute Gasteiger partial charge is 0.253 e. The molecule has 1 aromatic rings. The zero-order chi connectivity index (χ0) is 14.4. The van der Waals surface area contributed by atoms with Crippen molar-refractivity contribution in [2.45, 2.75) is 45.3 Å². The molecule has 110 valence electrons. The lowest BCUT2D eigenvalue weighted by atomic mass is 10.1. The Morgan fingerprint density at radius 3 is 3.15 bits per heavy atom. The molecule has 5 heteroatoms. The fourth-order valence-corrected chi connectivity index (χ4v) is 2.37. The summed E-state index contributed by atoms with van der Waals surface area (Å²) in [5.41, 5.74) is 1.42. The number of hydrogen-bond acceptors (Lipinski definition) is 4. The molecule has 5 nitrogen and oxygen atoms in total. The van der Waals surface area contributed by atoms with Gasteiger partial charge in [-0.2, -0.15) is 0 Å². The summed E-state index contributed by atoms with van der Waals surface area (Å²) in [5.74, 6) is -0.0750. The van der Waals surface area contributed by atoms with Crippen molar-refractivity contribution in [2.75, 3.05) is 18.5 Å². The van der Waals surface area contributed by atoms with Gasteiger partial charge < -0.3 is 15.4 Å². The third-order valence-corrected chi connectivity index (χ3v) is 3.51. The summed E-state index contributed by atoms with van der Waals surface area (Å²) in [6, 6.07) is 1.77. The molecule has 2 unspecified atom stereocenters. The van der Waals surface area contributed by atoms with Gasteiger partial charge in [0.05, 0.1) is 29.6 Å². The fraction of sp³-hybridized carbons (Fsp3) is 0.600. The van der Waals surface area contributed by atoms with Crippen LogP contribution in [0, 0.1) is 0 Å². The summed E-state index contributed by atoms with van der Waals surface area (Å²) in [6.45, 7) is 5.70. The van der Waals surface area contributed by atoms with E-state index >= 15 is 0 Å². The first-order valence-corrected chi connectivity index (χ1v) is 7.32. The van der Waals surface area contributed by atoms with Crippen molar-refractivity contribution >= 4 is 11.6 Å². The molecule has 1 saturated heterocycles. The van der Waals surface area contributed by atoms with Crippen LogP contribution >= 0.6 is 0 Å². The molecule has 0 aliphatic carbocycles. The Morgan fingerprint density at radius 1 is 1.60 bits per heavy atom. The van der Waals surface area contributed by atoms with Gasteiger partial charge >= 0.3 is 0 Å². The topological polar surface area (TPSA) is 63.2 Å². The van der Waals surface area contributed by atoms with E-state index in [9.17, 15) is 4.79 Å². The van der Waals surface area contributed by atoms with E-state index in [1.807, 2.05) is 6.92 Å². The van der Waals surface area contributed by atoms with E-state index < -0.39 is 0 Å². The first-order chi connectivity index (χ1) is 9.72. The number of carbonyl (C=O) groups is 1. The first kappa shape index (κ1) is 14.8. The van der Waals surface area contributed by atoms with Crippen LogP contribution in [0.5, 0.6) is 0 Å². The molecule has 2 rings (SSSR count). The Kier molecular flexibility index (Phi) is 5.35. The lowest BCUT2D eigenvalue weighted by molar-refractivity contribution is 0.0713. The summed E-state index contributed by atoms with van der Waals surface area (Å²) in [7, 11) is 0. The largest absolute Gasteiger partial charge is 0.383 e. The highest BCUT2D eigenvalue weighted by Gasteiger charge is 2.24. The van der Waals surface area contributed by atoms with Crippen LogP contribution in [0.15, 0.2) is 18.5 Å². The highest BCUT2D eigenvalue weighted by atomic mass is 16.5. The number of anilines is 1. The van der Waals surface area contributed by atoms with Gasteiger partial charge in [-0.15, -0.1) is 0 Å². The van der Waals surface area contributed by atoms with Crippen LogP contribution in [-0.2, 0) is 4.74 Å². The summed E-state index contributed by atoms with van der Waals surface area (Å²) >= 11 is 0. The van der Waals surface area contributed by atoms with Crippen molar-refractivity contribution < 1.29 is 9.53 Å². The van der Waals surface area contributed by atoms with Crippen LogP contribution < -0.4 is 10.6 Å². The van der Waals surface area contributed by atoms with E-state index in [0.29, 0.717) is 5.56 Å². The second-order valence-corrected chi connectivity index (χ2v) is 5.16. The Bertz CT molecular complexity index is 444. The van der Waals surface area contributed by atoms with Gasteiger partial charge in [-0.25, -0.2) is 0 Å². The number of nitrogens with zero attached hydrogens (tertiary/aromatic N) is 1. The number of carbonyl (C=O) groups excluding carboxylic acids is 1. The predicted octanol–water partition coefficient (Wildman–Crippen LogP) is 2.20. The van der Waals surface area contributed by atoms with Gasteiger partial charge in [-0.05, 0) is 32.3 Å². The van der Waals surface area contributed by atoms with Crippen molar-refractivity contribution in [1.29, 1.82) is 0 Å². The van der Waals surface area contributed by atoms with Crippen LogP contribution in [0.4, 0.5) is 5.69 Å². The first-order valence-electron chi connectivity index (χ1n) is 7.32. The van der Waals surface area contributed by atoms with E-state index in [2.05, 4.69) is 22.5 Å². The molecule has 0 aromatic carbocycles. The van der Waals surface area contributed by atoms with Gasteiger partial charge in [-0.1, -0.05) is 6.92 Å². The van der Waals surface area contributed by atoms with E-state index in [1.54, 1.807) is 18.5 Å². The van der Waals surface area contributed by atoms with Crippen molar-refractivity contribution in [3.05, 3.63) is 24.0 Å². The quantitative estimate of drug-likeness (QED) is 0.836. The molecule has 2 atom stereocenters. The second-order valence-electron chi connectivity index (χ2n) is 5.16. The average Bonchev–Trinajstić information content (AvgIpc) is 2.99. The summed E-state index contributed by atoms with van der Waals surface area (Å²) < 4.78 is 5.60. The van der Waals surface area contributed by atoms with Crippen molar-refractivity contribution in [2.24, 2.45) is 0 Å². The number of rotatable bonds is 6. The maximum Gasteiger partial charge on any atom is 0.253 e. The standard InChI is InChI=1S/C15H23N3O2/c1-3-7-17-13-10-16-8-6-12(13)15(19)18-11(2)14-5-4-9-20-14/h6,8,10-11,14,17H,3-5,7,9H2,1-2H3,(H,18,19). The molecule has 2 N–H and O–H groups in total. The minimum Gasteiger partial charge on any atom is -0.383 e. The fourth-order valence-electron chi connectivity index (χ4n) is 2.37. The van der Waals surface area contributed by atoms with Crippen LogP contribution in [0.1, 0.15) is 43.5 Å². The second kappa shape index (κ2) is 7.24. The zero-order valence-electron chi connectivity index (χ0n) is 12.2. The van der Waals surface area contributed by atoms with E-state index in [1.165, 1.54) is 0 Å². The molecule has 0 radical (unpaired) electrons. The van der Waals surface area contributed by atoms with Crippen molar-refractivity contribution in [3.8, 4) is 0 Å². The highest BCUT2D eigenvalue weighted by molar-refractivity contribution is 5.99. The maximum atomic E-state index is 12.4. The number of pyridine rings is 1. The molecular weight excluding hydrogens is 254 g/mol. The zero-order valence-corrected chi connectivity index (χ0v) is 12.2. The molecule has 0 spiro atoms. The average molecular weight is 277 g/mol.